The first kappa shape index (κ1) is 14.8. The van der Waals surface area contributed by atoms with Gasteiger partial charge >= 0.3 is 0 Å². The topological polar surface area (TPSA) is 50.8 Å². The second-order valence-electron chi connectivity index (χ2n) is 5.38. The minimum atomic E-state index is 0.216. The monoisotopic (exact) mass is 270 g/mol. The minimum absolute atomic E-state index is 0.216. The van der Waals surface area contributed by atoms with Gasteiger partial charge in [-0.1, -0.05) is 0 Å². The largest absolute Gasteiger partial charge is 0.383 e. The Hall–Kier alpha value is -0.650. The van der Waals surface area contributed by atoms with E-state index in [0.717, 1.165) is 38.8 Å². The molecule has 110 valence electrons. The number of piperidine rings is 1. The summed E-state index contributed by atoms with van der Waals surface area (Å²) >= 11 is 0. The van der Waals surface area contributed by atoms with Gasteiger partial charge in [0.25, 0.3) is 0 Å². The third-order valence-corrected chi connectivity index (χ3v) is 3.80. The van der Waals surface area contributed by atoms with Gasteiger partial charge in [-0.15, -0.1) is 0 Å². The van der Waals surface area contributed by atoms with Gasteiger partial charge in [0.15, 0.2) is 0 Å². The molecule has 0 aromatic heterocycles. The average molecular weight is 270 g/mol. The number of methoxy groups -OCH3 is 1. The Morgan fingerprint density at radius 1 is 1.21 bits per heavy atom. The molecule has 1 N–H and O–H groups in total. The Bertz CT molecular complexity index is 276. The molecule has 0 spiro atoms. The first-order valence-corrected chi connectivity index (χ1v) is 7.42. The van der Waals surface area contributed by atoms with E-state index >= 15 is 0 Å². The maximum absolute atomic E-state index is 12.2. The molecule has 2 rings (SSSR count). The number of amides is 1. The van der Waals surface area contributed by atoms with Crippen LogP contribution in [0.4, 0.5) is 0 Å². The molecule has 5 heteroatoms. The van der Waals surface area contributed by atoms with Crippen LogP contribution in [0.5, 0.6) is 0 Å². The lowest BCUT2D eigenvalue weighted by atomic mass is 10.1. The number of hydrogen-bond acceptors (Lipinski definition) is 4. The van der Waals surface area contributed by atoms with Crippen LogP contribution in [-0.2, 0) is 14.3 Å². The first-order chi connectivity index (χ1) is 9.31. The molecule has 1 aliphatic heterocycles. The fourth-order valence-corrected chi connectivity index (χ4v) is 2.51. The van der Waals surface area contributed by atoms with E-state index in [1.54, 1.807) is 7.11 Å². The average Bonchev–Trinajstić information content (AvgIpc) is 3.25. The summed E-state index contributed by atoms with van der Waals surface area (Å²) in [5.41, 5.74) is 0. The molecule has 19 heavy (non-hydrogen) atoms. The molecule has 0 bridgehead atoms. The van der Waals surface area contributed by atoms with Crippen LogP contribution in [0.2, 0.25) is 0 Å². The quantitative estimate of drug-likeness (QED) is 0.708. The van der Waals surface area contributed by atoms with E-state index in [0.29, 0.717) is 38.3 Å². The van der Waals surface area contributed by atoms with Crippen molar-refractivity contribution < 1.29 is 14.3 Å². The van der Waals surface area contributed by atoms with Gasteiger partial charge in [-0.3, -0.25) is 4.79 Å². The highest BCUT2D eigenvalue weighted by atomic mass is 16.5. The summed E-state index contributed by atoms with van der Waals surface area (Å²) in [5.74, 6) is 0.216. The molecule has 5 nitrogen and oxygen atoms in total. The van der Waals surface area contributed by atoms with Crippen molar-refractivity contribution in [3.63, 3.8) is 0 Å². The van der Waals surface area contributed by atoms with Crippen molar-refractivity contribution in [3.8, 4) is 0 Å². The summed E-state index contributed by atoms with van der Waals surface area (Å²) in [4.78, 5) is 14.1. The Balaban J connectivity index is 1.63. The molecular weight excluding hydrogens is 244 g/mol. The van der Waals surface area contributed by atoms with Gasteiger partial charge in [0, 0.05) is 19.7 Å². The number of rotatable bonds is 8. The predicted octanol–water partition coefficient (Wildman–Crippen LogP) is 0.783. The van der Waals surface area contributed by atoms with Crippen molar-refractivity contribution in [2.24, 2.45) is 0 Å². The summed E-state index contributed by atoms with van der Waals surface area (Å²) < 4.78 is 10.9. The number of carbonyl (C=O) groups excluding carboxylic acids is 1. The highest BCUT2D eigenvalue weighted by Gasteiger charge is 2.31. The fourth-order valence-electron chi connectivity index (χ4n) is 2.51. The van der Waals surface area contributed by atoms with Crippen molar-refractivity contribution in [2.45, 2.75) is 44.2 Å². The highest BCUT2D eigenvalue weighted by molar-refractivity contribution is 5.77. The minimum Gasteiger partial charge on any atom is -0.383 e. The summed E-state index contributed by atoms with van der Waals surface area (Å²) in [6, 6.07) is 0.460. The number of nitrogens with zero attached hydrogens (tertiary/aromatic N) is 1. The van der Waals surface area contributed by atoms with E-state index in [1.165, 1.54) is 0 Å². The number of carbonyl (C=O) groups is 1. The number of ether oxygens (including phenoxy) is 2. The molecule has 2 aliphatic rings. The number of nitrogens with one attached hydrogen (secondary N) is 1. The van der Waals surface area contributed by atoms with Gasteiger partial charge in [-0.2, -0.15) is 0 Å². The van der Waals surface area contributed by atoms with E-state index in [4.69, 9.17) is 9.47 Å². The van der Waals surface area contributed by atoms with Crippen molar-refractivity contribution in [1.82, 2.24) is 10.2 Å². The molecule has 0 radical (unpaired) electrons. The fraction of sp³-hybridized carbons (Fsp3) is 0.929. The maximum Gasteiger partial charge on any atom is 0.225 e. The third-order valence-electron chi connectivity index (χ3n) is 3.80. The summed E-state index contributed by atoms with van der Waals surface area (Å²) in [7, 11) is 1.68. The van der Waals surface area contributed by atoms with Gasteiger partial charge in [-0.25, -0.2) is 0 Å². The highest BCUT2D eigenvalue weighted by Crippen LogP contribution is 2.27. The van der Waals surface area contributed by atoms with Crippen molar-refractivity contribution in [3.05, 3.63) is 0 Å². The SMILES string of the molecule is COCCN(C(=O)CCOC1CCNCC1)C1CC1. The zero-order valence-electron chi connectivity index (χ0n) is 11.9. The molecule has 2 fully saturated rings. The summed E-state index contributed by atoms with van der Waals surface area (Å²) in [6.07, 6.45) is 5.25. The smallest absolute Gasteiger partial charge is 0.225 e. The van der Waals surface area contributed by atoms with Crippen molar-refractivity contribution >= 4 is 5.91 Å². The van der Waals surface area contributed by atoms with Gasteiger partial charge in [-0.05, 0) is 38.8 Å². The lowest BCUT2D eigenvalue weighted by molar-refractivity contribution is -0.134. The molecular formula is C14H26N2O3. The Kier molecular flexibility index (Phi) is 6.07. The van der Waals surface area contributed by atoms with Crippen LogP contribution in [0.1, 0.15) is 32.1 Å². The summed E-state index contributed by atoms with van der Waals surface area (Å²) in [6.45, 7) is 3.95. The Morgan fingerprint density at radius 3 is 2.58 bits per heavy atom. The lowest BCUT2D eigenvalue weighted by Gasteiger charge is -2.25. The molecule has 0 unspecified atom stereocenters. The van der Waals surface area contributed by atoms with Crippen LogP contribution in [-0.4, -0.2) is 62.9 Å². The molecule has 1 aliphatic carbocycles. The lowest BCUT2D eigenvalue weighted by Crippen LogP contribution is -2.37. The van der Waals surface area contributed by atoms with E-state index in [1.807, 2.05) is 4.90 Å². The first-order valence-electron chi connectivity index (χ1n) is 7.42. The van der Waals surface area contributed by atoms with Crippen LogP contribution < -0.4 is 5.32 Å². The number of hydrogen-bond donors (Lipinski definition) is 1. The second-order valence-corrected chi connectivity index (χ2v) is 5.38. The summed E-state index contributed by atoms with van der Waals surface area (Å²) in [5, 5.41) is 3.31. The normalized spacial score (nSPS) is 20.5. The molecule has 0 aromatic rings. The Labute approximate surface area is 115 Å². The predicted molar refractivity (Wildman–Crippen MR) is 73.1 cm³/mol. The van der Waals surface area contributed by atoms with Gasteiger partial charge in [0.2, 0.25) is 5.91 Å². The van der Waals surface area contributed by atoms with Crippen molar-refractivity contribution in [1.29, 1.82) is 0 Å². The van der Waals surface area contributed by atoms with Crippen LogP contribution in [0.25, 0.3) is 0 Å². The van der Waals surface area contributed by atoms with E-state index in [2.05, 4.69) is 5.32 Å². The molecule has 0 atom stereocenters. The molecule has 1 saturated carbocycles. The third kappa shape index (κ3) is 5.09. The molecule has 1 amide bonds. The molecule has 1 saturated heterocycles. The Morgan fingerprint density at radius 2 is 1.95 bits per heavy atom. The maximum atomic E-state index is 12.2. The second kappa shape index (κ2) is 7.82. The van der Waals surface area contributed by atoms with Gasteiger partial charge in [0.1, 0.15) is 0 Å². The zero-order valence-corrected chi connectivity index (χ0v) is 11.9. The van der Waals surface area contributed by atoms with E-state index in [9.17, 15) is 4.79 Å². The van der Waals surface area contributed by atoms with Crippen LogP contribution in [0.15, 0.2) is 0 Å². The van der Waals surface area contributed by atoms with Crippen molar-refractivity contribution in [2.75, 3.05) is 40.0 Å². The van der Waals surface area contributed by atoms with Crippen LogP contribution >= 0.6 is 0 Å². The van der Waals surface area contributed by atoms with E-state index in [-0.39, 0.29) is 5.91 Å². The standard InChI is InChI=1S/C14H26N2O3/c1-18-11-9-16(12-2-3-12)14(17)6-10-19-13-4-7-15-8-5-13/h12-13,15H,2-11H2,1H3. The van der Waals surface area contributed by atoms with Crippen LogP contribution in [0, 0.1) is 0 Å². The van der Waals surface area contributed by atoms with Gasteiger partial charge < -0.3 is 19.7 Å². The van der Waals surface area contributed by atoms with Gasteiger partial charge in [0.05, 0.1) is 25.7 Å². The molecule has 0 aromatic carbocycles. The molecule has 1 heterocycles. The van der Waals surface area contributed by atoms with E-state index < -0.39 is 0 Å². The zero-order chi connectivity index (χ0) is 13.5. The van der Waals surface area contributed by atoms with Crippen LogP contribution in [0.3, 0.4) is 0 Å².